The topological polar surface area (TPSA) is 47.6 Å². The predicted molar refractivity (Wildman–Crippen MR) is 93.5 cm³/mol. The van der Waals surface area contributed by atoms with E-state index in [1.54, 1.807) is 0 Å². The van der Waals surface area contributed by atoms with Gasteiger partial charge in [0, 0.05) is 0 Å². The number of fused-ring (bicyclic) bond motifs is 1. The van der Waals surface area contributed by atoms with Gasteiger partial charge in [-0.2, -0.15) is 0 Å². The van der Waals surface area contributed by atoms with E-state index in [0.29, 0.717) is 13.2 Å². The number of carbonyl (C=O) groups is 1. The second-order valence-corrected chi connectivity index (χ2v) is 5.99. The maximum absolute atomic E-state index is 12.6. The van der Waals surface area contributed by atoms with Gasteiger partial charge in [0.1, 0.15) is 12.7 Å². The van der Waals surface area contributed by atoms with Crippen LogP contribution in [0.5, 0.6) is 11.5 Å². The Kier molecular flexibility index (Phi) is 5.36. The second-order valence-electron chi connectivity index (χ2n) is 5.99. The van der Waals surface area contributed by atoms with Crippen LogP contribution >= 0.6 is 0 Å². The molecule has 0 saturated carbocycles. The zero-order valence-corrected chi connectivity index (χ0v) is 13.9. The van der Waals surface area contributed by atoms with Crippen molar-refractivity contribution < 1.29 is 14.3 Å². The summed E-state index contributed by atoms with van der Waals surface area (Å²) in [6.45, 7) is 2.99. The van der Waals surface area contributed by atoms with Crippen LogP contribution in [0.15, 0.2) is 54.6 Å². The molecule has 3 rings (SSSR count). The van der Waals surface area contributed by atoms with Crippen LogP contribution in [0.25, 0.3) is 0 Å². The summed E-state index contributed by atoms with van der Waals surface area (Å²) in [6.07, 6.45) is 1.63. The number of benzene rings is 2. The van der Waals surface area contributed by atoms with Gasteiger partial charge in [0.15, 0.2) is 11.5 Å². The average molecular weight is 325 g/mol. The number of hydrogen-bond acceptors (Lipinski definition) is 3. The second kappa shape index (κ2) is 7.86. The Morgan fingerprint density at radius 1 is 1.12 bits per heavy atom. The molecule has 2 aromatic rings. The molecule has 2 atom stereocenters. The van der Waals surface area contributed by atoms with Crippen LogP contribution in [0, 0.1) is 0 Å². The third-order valence-electron chi connectivity index (χ3n) is 4.17. The van der Waals surface area contributed by atoms with Gasteiger partial charge in [-0.1, -0.05) is 55.8 Å². The van der Waals surface area contributed by atoms with Gasteiger partial charge in [-0.25, -0.2) is 0 Å². The molecule has 0 aromatic heterocycles. The normalized spacial score (nSPS) is 17.1. The summed E-state index contributed by atoms with van der Waals surface area (Å²) in [6, 6.07) is 17.5. The number of rotatable bonds is 6. The van der Waals surface area contributed by atoms with E-state index in [4.69, 9.17) is 9.47 Å². The summed E-state index contributed by atoms with van der Waals surface area (Å²) >= 11 is 0. The van der Waals surface area contributed by atoms with Crippen LogP contribution in [0.1, 0.15) is 31.2 Å². The van der Waals surface area contributed by atoms with Gasteiger partial charge in [0.2, 0.25) is 5.91 Å². The molecule has 0 aliphatic carbocycles. The van der Waals surface area contributed by atoms with Crippen molar-refractivity contribution in [3.8, 4) is 11.5 Å². The monoisotopic (exact) mass is 325 g/mol. The highest BCUT2D eigenvalue weighted by molar-refractivity contribution is 5.83. The van der Waals surface area contributed by atoms with Crippen LogP contribution in [-0.4, -0.2) is 25.2 Å². The number of hydrogen-bond donors (Lipinski definition) is 1. The molecule has 126 valence electrons. The molecule has 1 N–H and O–H groups in total. The Morgan fingerprint density at radius 3 is 2.58 bits per heavy atom. The number of ether oxygens (including phenoxy) is 2. The van der Waals surface area contributed by atoms with Gasteiger partial charge in [0.25, 0.3) is 0 Å². The van der Waals surface area contributed by atoms with Crippen LogP contribution in [0.2, 0.25) is 0 Å². The van der Waals surface area contributed by atoms with Crippen molar-refractivity contribution in [2.24, 2.45) is 0 Å². The van der Waals surface area contributed by atoms with E-state index in [0.717, 1.165) is 29.9 Å². The van der Waals surface area contributed by atoms with E-state index < -0.39 is 0 Å². The summed E-state index contributed by atoms with van der Waals surface area (Å²) in [5, 5.41) is 3.02. The molecule has 0 fully saturated rings. The van der Waals surface area contributed by atoms with Gasteiger partial charge in [-0.05, 0) is 24.1 Å². The van der Waals surface area contributed by atoms with Crippen LogP contribution < -0.4 is 14.8 Å². The minimum atomic E-state index is -0.165. The van der Waals surface area contributed by atoms with Crippen molar-refractivity contribution in [1.29, 1.82) is 0 Å². The van der Waals surface area contributed by atoms with Gasteiger partial charge in [0.05, 0.1) is 12.5 Å². The molecule has 0 spiro atoms. The highest BCUT2D eigenvalue weighted by Crippen LogP contribution is 2.30. The fourth-order valence-electron chi connectivity index (χ4n) is 2.92. The van der Waals surface area contributed by atoms with Gasteiger partial charge < -0.3 is 14.8 Å². The lowest BCUT2D eigenvalue weighted by molar-refractivity contribution is -0.123. The summed E-state index contributed by atoms with van der Waals surface area (Å²) in [5.41, 5.74) is 1.06. The smallest absolute Gasteiger partial charge is 0.227 e. The Balaban J connectivity index is 1.58. The van der Waals surface area contributed by atoms with Crippen molar-refractivity contribution in [3.63, 3.8) is 0 Å². The van der Waals surface area contributed by atoms with Gasteiger partial charge in [-0.3, -0.25) is 4.79 Å². The first-order valence-corrected chi connectivity index (χ1v) is 8.49. The zero-order chi connectivity index (χ0) is 16.8. The van der Waals surface area contributed by atoms with Crippen LogP contribution in [0.3, 0.4) is 0 Å². The van der Waals surface area contributed by atoms with Crippen molar-refractivity contribution in [2.75, 3.05) is 13.2 Å². The summed E-state index contributed by atoms with van der Waals surface area (Å²) in [5.74, 6) is 1.42. The van der Waals surface area contributed by atoms with E-state index >= 15 is 0 Å². The van der Waals surface area contributed by atoms with Crippen LogP contribution in [-0.2, 0) is 4.79 Å². The molecular weight excluding hydrogens is 302 g/mol. The quantitative estimate of drug-likeness (QED) is 0.884. The molecule has 1 aliphatic rings. The molecule has 0 radical (unpaired) electrons. The fraction of sp³-hybridized carbons (Fsp3) is 0.350. The molecule has 0 unspecified atom stereocenters. The molecular formula is C20H23NO3. The highest BCUT2D eigenvalue weighted by atomic mass is 16.6. The maximum Gasteiger partial charge on any atom is 0.227 e. The molecule has 24 heavy (non-hydrogen) atoms. The van der Waals surface area contributed by atoms with Crippen molar-refractivity contribution in [3.05, 3.63) is 60.2 Å². The first kappa shape index (κ1) is 16.4. The van der Waals surface area contributed by atoms with E-state index in [9.17, 15) is 4.79 Å². The summed E-state index contributed by atoms with van der Waals surface area (Å²) in [4.78, 5) is 12.6. The third kappa shape index (κ3) is 3.88. The number of nitrogens with one attached hydrogen (secondary N) is 1. The molecule has 4 heteroatoms. The highest BCUT2D eigenvalue weighted by Gasteiger charge is 2.24. The molecule has 2 aromatic carbocycles. The molecule has 1 heterocycles. The Labute approximate surface area is 142 Å². The first-order valence-electron chi connectivity index (χ1n) is 8.49. The Morgan fingerprint density at radius 2 is 1.83 bits per heavy atom. The zero-order valence-electron chi connectivity index (χ0n) is 13.9. The summed E-state index contributed by atoms with van der Waals surface area (Å²) < 4.78 is 11.6. The standard InChI is InChI=1S/C20H23NO3/c1-2-8-17(15-9-4-3-5-10-15)20(22)21-13-16-14-23-18-11-6-7-12-19(18)24-16/h3-7,9-12,16-17H,2,8,13-14H2,1H3,(H,21,22)/t16-,17+/m0/s1. The lowest BCUT2D eigenvalue weighted by Gasteiger charge is -2.27. The summed E-state index contributed by atoms with van der Waals surface area (Å²) in [7, 11) is 0. The predicted octanol–water partition coefficient (Wildman–Crippen LogP) is 3.53. The molecule has 1 amide bonds. The minimum Gasteiger partial charge on any atom is -0.486 e. The number of para-hydroxylation sites is 2. The largest absolute Gasteiger partial charge is 0.486 e. The minimum absolute atomic E-state index is 0.0468. The first-order chi connectivity index (χ1) is 11.8. The van der Waals surface area contributed by atoms with Gasteiger partial charge in [-0.15, -0.1) is 0 Å². The van der Waals surface area contributed by atoms with E-state index in [2.05, 4.69) is 12.2 Å². The van der Waals surface area contributed by atoms with Crippen LogP contribution in [0.4, 0.5) is 0 Å². The van der Waals surface area contributed by atoms with Crippen molar-refractivity contribution in [1.82, 2.24) is 5.32 Å². The van der Waals surface area contributed by atoms with Crippen molar-refractivity contribution in [2.45, 2.75) is 31.8 Å². The van der Waals surface area contributed by atoms with E-state index in [1.165, 1.54) is 0 Å². The number of carbonyl (C=O) groups excluding carboxylic acids is 1. The fourth-order valence-corrected chi connectivity index (χ4v) is 2.92. The molecule has 4 nitrogen and oxygen atoms in total. The molecule has 0 saturated heterocycles. The van der Waals surface area contributed by atoms with Gasteiger partial charge >= 0.3 is 0 Å². The third-order valence-corrected chi connectivity index (χ3v) is 4.17. The average Bonchev–Trinajstić information content (AvgIpc) is 2.64. The van der Waals surface area contributed by atoms with Crippen molar-refractivity contribution >= 4 is 5.91 Å². The van der Waals surface area contributed by atoms with E-state index in [-0.39, 0.29) is 17.9 Å². The van der Waals surface area contributed by atoms with E-state index in [1.807, 2.05) is 54.6 Å². The number of amides is 1. The lowest BCUT2D eigenvalue weighted by Crippen LogP contribution is -2.42. The SMILES string of the molecule is CCC[C@@H](C(=O)NC[C@H]1COc2ccccc2O1)c1ccccc1. The molecule has 0 bridgehead atoms. The molecule has 1 aliphatic heterocycles. The Bertz CT molecular complexity index is 672. The Hall–Kier alpha value is -2.49. The maximum atomic E-state index is 12.6. The lowest BCUT2D eigenvalue weighted by atomic mass is 9.93.